The van der Waals surface area contributed by atoms with Crippen molar-refractivity contribution in [3.8, 4) is 0 Å². The molecule has 1 saturated carbocycles. The quantitative estimate of drug-likeness (QED) is 0.908. The Labute approximate surface area is 127 Å². The summed E-state index contributed by atoms with van der Waals surface area (Å²) in [6.45, 7) is 3.50. The number of hydrogen-bond acceptors (Lipinski definition) is 2. The van der Waals surface area contributed by atoms with Gasteiger partial charge in [-0.3, -0.25) is 4.79 Å². The zero-order chi connectivity index (χ0) is 14.9. The Morgan fingerprint density at radius 2 is 2.24 bits per heavy atom. The van der Waals surface area contributed by atoms with Gasteiger partial charge in [-0.1, -0.05) is 42.7 Å². The molecule has 1 aromatic carbocycles. The van der Waals surface area contributed by atoms with Crippen molar-refractivity contribution >= 4 is 5.91 Å². The van der Waals surface area contributed by atoms with E-state index < -0.39 is 5.60 Å². The molecule has 1 N–H and O–H groups in total. The summed E-state index contributed by atoms with van der Waals surface area (Å²) in [5.74, 6) is 0.481. The third kappa shape index (κ3) is 3.13. The molecule has 0 radical (unpaired) electrons. The van der Waals surface area contributed by atoms with E-state index in [0.29, 0.717) is 13.0 Å². The van der Waals surface area contributed by atoms with Crippen LogP contribution in [0, 0.1) is 12.8 Å². The van der Waals surface area contributed by atoms with Crippen LogP contribution in [0.1, 0.15) is 43.2 Å². The predicted molar refractivity (Wildman–Crippen MR) is 83.0 cm³/mol. The number of hydrogen-bond donors (Lipinski definition) is 1. The van der Waals surface area contributed by atoms with E-state index in [4.69, 9.17) is 0 Å². The predicted octanol–water partition coefficient (Wildman–Crippen LogP) is 2.69. The summed E-state index contributed by atoms with van der Waals surface area (Å²) in [5, 5.41) is 10.7. The fraction of sp³-hybridized carbons (Fsp3) is 0.611. The number of piperidine rings is 1. The molecular formula is C18H25NO2. The fourth-order valence-corrected chi connectivity index (χ4v) is 3.91. The van der Waals surface area contributed by atoms with Gasteiger partial charge in [-0.25, -0.2) is 0 Å². The third-order valence-corrected chi connectivity index (χ3v) is 5.22. The van der Waals surface area contributed by atoms with Crippen LogP contribution in [0.3, 0.4) is 0 Å². The van der Waals surface area contributed by atoms with Gasteiger partial charge < -0.3 is 10.0 Å². The van der Waals surface area contributed by atoms with Gasteiger partial charge in [0.25, 0.3) is 0 Å². The Kier molecular flexibility index (Phi) is 4.03. The molecule has 1 aliphatic carbocycles. The first kappa shape index (κ1) is 14.6. The largest absolute Gasteiger partial charge is 0.389 e. The number of nitrogens with zero attached hydrogens (tertiary/aromatic N) is 1. The summed E-state index contributed by atoms with van der Waals surface area (Å²) in [7, 11) is 0. The molecule has 3 heteroatoms. The second-order valence-electron chi connectivity index (χ2n) is 6.80. The number of rotatable bonds is 2. The van der Waals surface area contributed by atoms with Crippen molar-refractivity contribution in [1.82, 2.24) is 4.90 Å². The summed E-state index contributed by atoms with van der Waals surface area (Å²) in [4.78, 5) is 14.5. The van der Waals surface area contributed by atoms with E-state index >= 15 is 0 Å². The van der Waals surface area contributed by atoms with Gasteiger partial charge in [0.1, 0.15) is 0 Å². The van der Waals surface area contributed by atoms with Crippen LogP contribution in [0.15, 0.2) is 24.3 Å². The summed E-state index contributed by atoms with van der Waals surface area (Å²) in [6, 6.07) is 8.16. The van der Waals surface area contributed by atoms with Gasteiger partial charge in [0.2, 0.25) is 5.91 Å². The number of likely N-dealkylation sites (tertiary alicyclic amines) is 1. The van der Waals surface area contributed by atoms with Gasteiger partial charge in [0.15, 0.2) is 0 Å². The molecule has 0 aromatic heterocycles. The van der Waals surface area contributed by atoms with Gasteiger partial charge in [-0.2, -0.15) is 0 Å². The summed E-state index contributed by atoms with van der Waals surface area (Å²) in [5.41, 5.74) is 1.78. The van der Waals surface area contributed by atoms with Crippen molar-refractivity contribution < 1.29 is 9.90 Å². The maximum atomic E-state index is 12.5. The number of benzene rings is 1. The molecule has 1 aromatic rings. The summed E-state index contributed by atoms with van der Waals surface area (Å²) >= 11 is 0. The Balaban J connectivity index is 1.64. The highest BCUT2D eigenvalue weighted by molar-refractivity contribution is 5.79. The smallest absolute Gasteiger partial charge is 0.227 e. The lowest BCUT2D eigenvalue weighted by atomic mass is 9.71. The van der Waals surface area contributed by atoms with Crippen LogP contribution >= 0.6 is 0 Å². The molecule has 2 aliphatic rings. The third-order valence-electron chi connectivity index (χ3n) is 5.22. The highest BCUT2D eigenvalue weighted by Gasteiger charge is 2.43. The minimum absolute atomic E-state index is 0.202. The molecule has 1 amide bonds. The summed E-state index contributed by atoms with van der Waals surface area (Å²) in [6.07, 6.45) is 5.52. The lowest BCUT2D eigenvalue weighted by Gasteiger charge is -2.47. The Bertz CT molecular complexity index is 528. The molecule has 0 spiro atoms. The lowest BCUT2D eigenvalue weighted by molar-refractivity contribution is -0.142. The molecule has 3 nitrogen and oxygen atoms in total. The van der Waals surface area contributed by atoms with Crippen molar-refractivity contribution in [2.24, 2.45) is 5.92 Å². The molecule has 0 bridgehead atoms. The first-order chi connectivity index (χ1) is 10.1. The normalized spacial score (nSPS) is 29.0. The van der Waals surface area contributed by atoms with E-state index in [9.17, 15) is 9.90 Å². The first-order valence-electron chi connectivity index (χ1n) is 8.12. The highest BCUT2D eigenvalue weighted by atomic mass is 16.3. The van der Waals surface area contributed by atoms with Crippen LogP contribution < -0.4 is 0 Å². The van der Waals surface area contributed by atoms with E-state index in [-0.39, 0.29) is 11.8 Å². The maximum Gasteiger partial charge on any atom is 0.227 e. The van der Waals surface area contributed by atoms with Crippen molar-refractivity contribution in [3.05, 3.63) is 35.4 Å². The van der Waals surface area contributed by atoms with Gasteiger partial charge in [-0.15, -0.1) is 0 Å². The summed E-state index contributed by atoms with van der Waals surface area (Å²) < 4.78 is 0. The number of fused-ring (bicyclic) bond motifs is 1. The van der Waals surface area contributed by atoms with E-state index in [1.807, 2.05) is 17.0 Å². The molecule has 2 unspecified atom stereocenters. The standard InChI is InChI=1S/C18H25NO2/c1-14-5-4-6-15(11-14)12-17(20)19-10-9-18(21)8-3-2-7-16(18)13-19/h4-6,11,16,21H,2-3,7-10,12-13H2,1H3. The first-order valence-corrected chi connectivity index (χ1v) is 8.12. The SMILES string of the molecule is Cc1cccc(CC(=O)N2CCC3(O)CCCCC3C2)c1. The lowest BCUT2D eigenvalue weighted by Crippen LogP contribution is -2.54. The van der Waals surface area contributed by atoms with Crippen molar-refractivity contribution in [2.75, 3.05) is 13.1 Å². The zero-order valence-electron chi connectivity index (χ0n) is 12.8. The van der Waals surface area contributed by atoms with Crippen LogP contribution in [0.2, 0.25) is 0 Å². The molecule has 1 saturated heterocycles. The number of aliphatic hydroxyl groups is 1. The fourth-order valence-electron chi connectivity index (χ4n) is 3.91. The van der Waals surface area contributed by atoms with Gasteiger partial charge in [-0.05, 0) is 31.7 Å². The van der Waals surface area contributed by atoms with Crippen molar-refractivity contribution in [3.63, 3.8) is 0 Å². The minimum Gasteiger partial charge on any atom is -0.389 e. The van der Waals surface area contributed by atoms with Gasteiger partial charge >= 0.3 is 0 Å². The zero-order valence-corrected chi connectivity index (χ0v) is 12.8. The Hall–Kier alpha value is -1.35. The molecule has 3 rings (SSSR count). The van der Waals surface area contributed by atoms with Crippen LogP contribution in [-0.2, 0) is 11.2 Å². The van der Waals surface area contributed by atoms with E-state index in [2.05, 4.69) is 19.1 Å². The second kappa shape index (κ2) is 5.80. The molecule has 114 valence electrons. The Morgan fingerprint density at radius 1 is 1.38 bits per heavy atom. The molecule has 2 fully saturated rings. The van der Waals surface area contributed by atoms with Crippen LogP contribution in [0.5, 0.6) is 0 Å². The molecular weight excluding hydrogens is 262 g/mol. The van der Waals surface area contributed by atoms with Gasteiger partial charge in [0, 0.05) is 19.0 Å². The van der Waals surface area contributed by atoms with E-state index in [1.165, 1.54) is 12.0 Å². The highest BCUT2D eigenvalue weighted by Crippen LogP contribution is 2.39. The second-order valence-corrected chi connectivity index (χ2v) is 6.80. The van der Waals surface area contributed by atoms with Gasteiger partial charge in [0.05, 0.1) is 12.0 Å². The van der Waals surface area contributed by atoms with E-state index in [1.54, 1.807) is 0 Å². The number of carbonyl (C=O) groups excluding carboxylic acids is 1. The average Bonchev–Trinajstić information content (AvgIpc) is 2.46. The maximum absolute atomic E-state index is 12.5. The van der Waals surface area contributed by atoms with Crippen molar-refractivity contribution in [1.29, 1.82) is 0 Å². The van der Waals surface area contributed by atoms with Crippen molar-refractivity contribution in [2.45, 2.75) is 51.0 Å². The van der Waals surface area contributed by atoms with Crippen LogP contribution in [0.25, 0.3) is 0 Å². The van der Waals surface area contributed by atoms with Crippen LogP contribution in [0.4, 0.5) is 0 Å². The monoisotopic (exact) mass is 287 g/mol. The molecule has 2 atom stereocenters. The molecule has 1 heterocycles. The molecule has 1 aliphatic heterocycles. The molecule has 21 heavy (non-hydrogen) atoms. The number of carbonyl (C=O) groups is 1. The average molecular weight is 287 g/mol. The number of aryl methyl sites for hydroxylation is 1. The van der Waals surface area contributed by atoms with E-state index in [0.717, 1.165) is 37.8 Å². The number of amides is 1. The minimum atomic E-state index is -0.502. The topological polar surface area (TPSA) is 40.5 Å². The van der Waals surface area contributed by atoms with Crippen LogP contribution in [-0.4, -0.2) is 34.6 Å². The Morgan fingerprint density at radius 3 is 3.05 bits per heavy atom.